The van der Waals surface area contributed by atoms with Gasteiger partial charge in [0.05, 0.1) is 5.69 Å². The fraction of sp³-hybridized carbons (Fsp3) is 0.292. The number of benzene rings is 2. The van der Waals surface area contributed by atoms with Crippen LogP contribution in [-0.2, 0) is 6.42 Å². The first-order valence-electron chi connectivity index (χ1n) is 9.47. The van der Waals surface area contributed by atoms with Gasteiger partial charge in [-0.05, 0) is 41.7 Å². The summed E-state index contributed by atoms with van der Waals surface area (Å²) in [7, 11) is 0. The Labute approximate surface area is 151 Å². The molecule has 0 radical (unpaired) electrons. The van der Waals surface area contributed by atoms with E-state index in [1.54, 1.807) is 0 Å². The summed E-state index contributed by atoms with van der Waals surface area (Å²) in [6, 6.07) is 23.7. The molecule has 1 aromatic heterocycles. The molecule has 0 atom stereocenters. The second-order valence-electron chi connectivity index (χ2n) is 6.66. The molecule has 0 N–H and O–H groups in total. The van der Waals surface area contributed by atoms with Gasteiger partial charge in [0.2, 0.25) is 0 Å². The number of aromatic nitrogens is 1. The lowest BCUT2D eigenvalue weighted by atomic mass is 10.00. The molecule has 25 heavy (non-hydrogen) atoms. The zero-order valence-corrected chi connectivity index (χ0v) is 15.1. The second-order valence-corrected chi connectivity index (χ2v) is 6.66. The molecule has 1 heteroatoms. The number of pyridine rings is 1. The molecule has 0 aliphatic carbocycles. The van der Waals surface area contributed by atoms with E-state index in [2.05, 4.69) is 72.6 Å². The van der Waals surface area contributed by atoms with Crippen molar-refractivity contribution in [3.8, 4) is 22.4 Å². The number of rotatable bonds is 8. The lowest BCUT2D eigenvalue weighted by Crippen LogP contribution is -1.88. The van der Waals surface area contributed by atoms with Crippen molar-refractivity contribution in [1.29, 1.82) is 0 Å². The molecule has 0 aliphatic rings. The van der Waals surface area contributed by atoms with Crippen LogP contribution in [0.25, 0.3) is 22.4 Å². The number of hydrogen-bond donors (Lipinski definition) is 0. The van der Waals surface area contributed by atoms with Crippen LogP contribution in [0.5, 0.6) is 0 Å². The van der Waals surface area contributed by atoms with Gasteiger partial charge < -0.3 is 0 Å². The molecule has 0 spiro atoms. The largest absolute Gasteiger partial charge is 0.256 e. The maximum atomic E-state index is 4.52. The van der Waals surface area contributed by atoms with Gasteiger partial charge in [-0.15, -0.1) is 0 Å². The SMILES string of the molecule is CCCCCCCc1ccc(-c2ccnc(-c3ccccc3)c2)cc1. The third-order valence-electron chi connectivity index (χ3n) is 4.69. The van der Waals surface area contributed by atoms with Crippen molar-refractivity contribution in [3.63, 3.8) is 0 Å². The molecule has 3 aromatic rings. The smallest absolute Gasteiger partial charge is 0.0708 e. The van der Waals surface area contributed by atoms with Crippen LogP contribution in [0.15, 0.2) is 72.9 Å². The summed E-state index contributed by atoms with van der Waals surface area (Å²) in [6.45, 7) is 2.26. The van der Waals surface area contributed by atoms with E-state index in [0.717, 1.165) is 11.3 Å². The molecule has 0 aliphatic heterocycles. The van der Waals surface area contributed by atoms with Gasteiger partial charge in [-0.25, -0.2) is 0 Å². The molecule has 1 nitrogen and oxygen atoms in total. The molecule has 1 heterocycles. The highest BCUT2D eigenvalue weighted by atomic mass is 14.7. The van der Waals surface area contributed by atoms with Crippen molar-refractivity contribution in [1.82, 2.24) is 4.98 Å². The van der Waals surface area contributed by atoms with Crippen LogP contribution in [0, 0.1) is 0 Å². The van der Waals surface area contributed by atoms with Crippen LogP contribution in [-0.4, -0.2) is 4.98 Å². The van der Waals surface area contributed by atoms with Crippen LogP contribution in [0.4, 0.5) is 0 Å². The van der Waals surface area contributed by atoms with E-state index < -0.39 is 0 Å². The first-order valence-corrected chi connectivity index (χ1v) is 9.47. The van der Waals surface area contributed by atoms with E-state index >= 15 is 0 Å². The van der Waals surface area contributed by atoms with Gasteiger partial charge in [-0.2, -0.15) is 0 Å². The average Bonchev–Trinajstić information content (AvgIpc) is 2.69. The molecule has 0 unspecified atom stereocenters. The van der Waals surface area contributed by atoms with Gasteiger partial charge in [0.25, 0.3) is 0 Å². The Morgan fingerprint density at radius 3 is 2.20 bits per heavy atom. The van der Waals surface area contributed by atoms with Crippen LogP contribution in [0.3, 0.4) is 0 Å². The fourth-order valence-electron chi connectivity index (χ4n) is 3.17. The molecule has 0 fully saturated rings. The summed E-state index contributed by atoms with van der Waals surface area (Å²) >= 11 is 0. The number of unbranched alkanes of at least 4 members (excludes halogenated alkanes) is 4. The summed E-state index contributed by atoms with van der Waals surface area (Å²) in [6.07, 6.45) is 9.78. The first-order chi connectivity index (χ1) is 12.4. The minimum Gasteiger partial charge on any atom is -0.256 e. The molecule has 0 amide bonds. The van der Waals surface area contributed by atoms with E-state index in [0.29, 0.717) is 0 Å². The standard InChI is InChI=1S/C24H27N/c1-2-3-4-5-7-10-20-13-15-21(16-14-20)23-17-18-25-24(19-23)22-11-8-6-9-12-22/h6,8-9,11-19H,2-5,7,10H2,1H3. The van der Waals surface area contributed by atoms with Gasteiger partial charge >= 0.3 is 0 Å². The third-order valence-corrected chi connectivity index (χ3v) is 4.69. The minimum absolute atomic E-state index is 1.03. The topological polar surface area (TPSA) is 12.9 Å². The summed E-state index contributed by atoms with van der Waals surface area (Å²) < 4.78 is 0. The maximum Gasteiger partial charge on any atom is 0.0708 e. The van der Waals surface area contributed by atoms with E-state index in [9.17, 15) is 0 Å². The van der Waals surface area contributed by atoms with Crippen molar-refractivity contribution >= 4 is 0 Å². The lowest BCUT2D eigenvalue weighted by Gasteiger charge is -2.07. The van der Waals surface area contributed by atoms with Gasteiger partial charge in [-0.1, -0.05) is 87.2 Å². The molecule has 0 saturated heterocycles. The van der Waals surface area contributed by atoms with E-state index in [1.807, 2.05) is 12.3 Å². The van der Waals surface area contributed by atoms with E-state index in [1.165, 1.54) is 55.2 Å². The van der Waals surface area contributed by atoms with E-state index in [-0.39, 0.29) is 0 Å². The Hall–Kier alpha value is -2.41. The van der Waals surface area contributed by atoms with Crippen molar-refractivity contribution in [2.75, 3.05) is 0 Å². The Bertz CT molecular complexity index is 760. The summed E-state index contributed by atoms with van der Waals surface area (Å²) in [5, 5.41) is 0. The van der Waals surface area contributed by atoms with Crippen molar-refractivity contribution < 1.29 is 0 Å². The molecule has 0 bridgehead atoms. The molecular weight excluding hydrogens is 302 g/mol. The predicted octanol–water partition coefficient (Wildman–Crippen LogP) is 6.93. The van der Waals surface area contributed by atoms with Gasteiger partial charge in [0.15, 0.2) is 0 Å². The Morgan fingerprint density at radius 1 is 0.680 bits per heavy atom. The quantitative estimate of drug-likeness (QED) is 0.408. The zero-order chi connectivity index (χ0) is 17.3. The highest BCUT2D eigenvalue weighted by molar-refractivity contribution is 5.70. The summed E-state index contributed by atoms with van der Waals surface area (Å²) in [5.41, 5.74) is 6.11. The number of hydrogen-bond acceptors (Lipinski definition) is 1. The van der Waals surface area contributed by atoms with Crippen molar-refractivity contribution in [2.24, 2.45) is 0 Å². The van der Waals surface area contributed by atoms with Crippen LogP contribution >= 0.6 is 0 Å². The second kappa shape index (κ2) is 9.17. The zero-order valence-electron chi connectivity index (χ0n) is 15.1. The summed E-state index contributed by atoms with van der Waals surface area (Å²) in [5.74, 6) is 0. The molecule has 128 valence electrons. The van der Waals surface area contributed by atoms with Crippen molar-refractivity contribution in [3.05, 3.63) is 78.5 Å². The number of nitrogens with zero attached hydrogens (tertiary/aromatic N) is 1. The van der Waals surface area contributed by atoms with E-state index in [4.69, 9.17) is 0 Å². The highest BCUT2D eigenvalue weighted by Crippen LogP contribution is 2.25. The molecule has 3 rings (SSSR count). The van der Waals surface area contributed by atoms with Gasteiger partial charge in [0, 0.05) is 11.8 Å². The highest BCUT2D eigenvalue weighted by Gasteiger charge is 2.03. The maximum absolute atomic E-state index is 4.52. The fourth-order valence-corrected chi connectivity index (χ4v) is 3.17. The van der Waals surface area contributed by atoms with Gasteiger partial charge in [0.1, 0.15) is 0 Å². The Balaban J connectivity index is 1.66. The molecule has 0 saturated carbocycles. The molecule has 2 aromatic carbocycles. The average molecular weight is 329 g/mol. The summed E-state index contributed by atoms with van der Waals surface area (Å²) in [4.78, 5) is 4.52. The Morgan fingerprint density at radius 2 is 1.44 bits per heavy atom. The van der Waals surface area contributed by atoms with Gasteiger partial charge in [-0.3, -0.25) is 4.98 Å². The third kappa shape index (κ3) is 5.03. The lowest BCUT2D eigenvalue weighted by molar-refractivity contribution is 0.632. The minimum atomic E-state index is 1.03. The predicted molar refractivity (Wildman–Crippen MR) is 108 cm³/mol. The van der Waals surface area contributed by atoms with Crippen LogP contribution in [0.2, 0.25) is 0 Å². The number of aryl methyl sites for hydroxylation is 1. The van der Waals surface area contributed by atoms with Crippen LogP contribution in [0.1, 0.15) is 44.6 Å². The first kappa shape index (κ1) is 17.4. The van der Waals surface area contributed by atoms with Crippen LogP contribution < -0.4 is 0 Å². The van der Waals surface area contributed by atoms with Crippen molar-refractivity contribution in [2.45, 2.75) is 45.4 Å². The monoisotopic (exact) mass is 329 g/mol. The molecular formula is C24H27N. The normalized spacial score (nSPS) is 10.8. The Kier molecular flexibility index (Phi) is 6.39.